The molecular weight excluding hydrogens is 702 g/mol. The minimum absolute atomic E-state index is 0.0747. The molecule has 3 atom stereocenters. The van der Waals surface area contributed by atoms with E-state index >= 15 is 4.39 Å². The number of hydrogen-bond acceptors (Lipinski definition) is 6. The van der Waals surface area contributed by atoms with E-state index in [-0.39, 0.29) is 49.2 Å². The van der Waals surface area contributed by atoms with Gasteiger partial charge in [-0.3, -0.25) is 14.7 Å². The molecule has 3 heterocycles. The lowest BCUT2D eigenvalue weighted by Crippen LogP contribution is -2.49. The van der Waals surface area contributed by atoms with Gasteiger partial charge in [0, 0.05) is 29.0 Å². The molecule has 6 rings (SSSR count). The predicted octanol–water partition coefficient (Wildman–Crippen LogP) is 8.64. The number of ether oxygens (including phenoxy) is 2. The van der Waals surface area contributed by atoms with Crippen molar-refractivity contribution >= 4 is 40.3 Å². The van der Waals surface area contributed by atoms with Crippen LogP contribution < -0.4 is 5.32 Å². The van der Waals surface area contributed by atoms with Crippen molar-refractivity contribution in [1.82, 2.24) is 19.9 Å². The average Bonchev–Trinajstić information content (AvgIpc) is 3.49. The van der Waals surface area contributed by atoms with Crippen molar-refractivity contribution in [2.45, 2.75) is 63.7 Å². The van der Waals surface area contributed by atoms with E-state index in [0.29, 0.717) is 33.5 Å². The normalized spacial score (nSPS) is 16.9. The van der Waals surface area contributed by atoms with Crippen LogP contribution in [0, 0.1) is 23.3 Å². The number of halogens is 5. The predicted molar refractivity (Wildman–Crippen MR) is 187 cm³/mol. The zero-order valence-electron chi connectivity index (χ0n) is 28.6. The summed E-state index contributed by atoms with van der Waals surface area (Å²) >= 11 is 6.16. The Kier molecular flexibility index (Phi) is 10.8. The average molecular weight is 738 g/mol. The molecule has 272 valence electrons. The number of pyridine rings is 1. The largest absolute Gasteiger partial charge is 0.444 e. The van der Waals surface area contributed by atoms with E-state index in [9.17, 15) is 22.8 Å². The number of nitrogens with zero attached hydrogens (tertiary/aromatic N) is 3. The molecule has 0 radical (unpaired) electrons. The summed E-state index contributed by atoms with van der Waals surface area (Å²) in [7, 11) is 0. The van der Waals surface area contributed by atoms with Crippen LogP contribution in [-0.4, -0.2) is 56.7 Å². The zero-order valence-corrected chi connectivity index (χ0v) is 29.3. The zero-order chi connectivity index (χ0) is 37.2. The second-order valence-corrected chi connectivity index (χ2v) is 14.1. The van der Waals surface area contributed by atoms with E-state index in [1.807, 2.05) is 0 Å². The van der Waals surface area contributed by atoms with Gasteiger partial charge >= 0.3 is 6.09 Å². The standard InChI is InChI=1S/C38H36ClF4N5O4/c1-38(2,3)52-37(50)48-19-27(51-20-34(48)36-46-31-11-6-23(39)14-32(31)47-36)9-10-28-30(43)17-44-18-33(28)45-35(49)16-29(21-4-7-24(40)8-5-21)22-12-25(41)15-26(42)13-22/h4-8,11-15,17-18,27,29,34H,9-10,16,19-20H2,1-3H3,(H,45,49)(H,46,47)/t27-,29?,34+/m1/s1. The highest BCUT2D eigenvalue weighted by Crippen LogP contribution is 2.33. The second-order valence-electron chi connectivity index (χ2n) is 13.6. The molecule has 2 amide bonds. The number of amides is 2. The van der Waals surface area contributed by atoms with Gasteiger partial charge < -0.3 is 19.8 Å². The fourth-order valence-electron chi connectivity index (χ4n) is 6.21. The Hall–Kier alpha value is -5.01. The van der Waals surface area contributed by atoms with Crippen molar-refractivity contribution in [2.75, 3.05) is 18.5 Å². The summed E-state index contributed by atoms with van der Waals surface area (Å²) in [6.45, 7) is 5.48. The first-order chi connectivity index (χ1) is 24.7. The van der Waals surface area contributed by atoms with E-state index in [2.05, 4.69) is 20.3 Å². The maximum Gasteiger partial charge on any atom is 0.411 e. The summed E-state index contributed by atoms with van der Waals surface area (Å²) in [5.74, 6) is -3.79. The molecule has 0 spiro atoms. The Morgan fingerprint density at radius 3 is 2.44 bits per heavy atom. The Labute approximate surface area is 302 Å². The van der Waals surface area contributed by atoms with Gasteiger partial charge in [-0.2, -0.15) is 0 Å². The van der Waals surface area contributed by atoms with Gasteiger partial charge in [0.05, 0.1) is 48.4 Å². The van der Waals surface area contributed by atoms with Crippen molar-refractivity contribution in [3.8, 4) is 0 Å². The second kappa shape index (κ2) is 15.3. The summed E-state index contributed by atoms with van der Waals surface area (Å²) in [5, 5.41) is 3.23. The van der Waals surface area contributed by atoms with E-state index in [1.165, 1.54) is 35.4 Å². The smallest absolute Gasteiger partial charge is 0.411 e. The molecule has 14 heteroatoms. The summed E-state index contributed by atoms with van der Waals surface area (Å²) in [6.07, 6.45) is 1.29. The monoisotopic (exact) mass is 737 g/mol. The van der Waals surface area contributed by atoms with E-state index in [1.54, 1.807) is 39.0 Å². The third-order valence-electron chi connectivity index (χ3n) is 8.62. The number of nitrogens with one attached hydrogen (secondary N) is 2. The third-order valence-corrected chi connectivity index (χ3v) is 8.85. The first-order valence-electron chi connectivity index (χ1n) is 16.6. The number of H-pyrrole nitrogens is 1. The first kappa shape index (κ1) is 36.8. The minimum atomic E-state index is -0.845. The van der Waals surface area contributed by atoms with E-state index < -0.39 is 58.9 Å². The number of carbonyl (C=O) groups is 2. The maximum atomic E-state index is 15.3. The highest BCUT2D eigenvalue weighted by atomic mass is 35.5. The van der Waals surface area contributed by atoms with Crippen LogP contribution in [-0.2, 0) is 20.7 Å². The Balaban J connectivity index is 1.18. The summed E-state index contributed by atoms with van der Waals surface area (Å²) in [6, 6.07) is 12.8. The van der Waals surface area contributed by atoms with Crippen LogP contribution in [0.2, 0.25) is 5.02 Å². The van der Waals surface area contributed by atoms with Gasteiger partial charge in [-0.05, 0) is 87.2 Å². The van der Waals surface area contributed by atoms with Crippen LogP contribution in [0.3, 0.4) is 0 Å². The molecule has 2 aromatic heterocycles. The molecule has 1 saturated heterocycles. The highest BCUT2D eigenvalue weighted by molar-refractivity contribution is 6.31. The maximum absolute atomic E-state index is 15.3. The molecule has 3 aromatic carbocycles. The lowest BCUT2D eigenvalue weighted by Gasteiger charge is -2.39. The SMILES string of the molecule is CC(C)(C)OC(=O)N1C[C@@H](CCc2c(F)cncc2NC(=O)CC(c2ccc(F)cc2)c2cc(F)cc(F)c2)OC[C@H]1c1nc2ccc(Cl)cc2[nH]1. The fraction of sp³-hybridized carbons (Fsp3) is 0.316. The van der Waals surface area contributed by atoms with Gasteiger partial charge in [-0.25, -0.2) is 27.3 Å². The van der Waals surface area contributed by atoms with Gasteiger partial charge in [0.2, 0.25) is 5.91 Å². The van der Waals surface area contributed by atoms with Crippen molar-refractivity contribution in [3.05, 3.63) is 124 Å². The van der Waals surface area contributed by atoms with Crippen LogP contribution in [0.25, 0.3) is 11.0 Å². The fourth-order valence-corrected chi connectivity index (χ4v) is 6.39. The van der Waals surface area contributed by atoms with Crippen molar-refractivity contribution in [2.24, 2.45) is 0 Å². The summed E-state index contributed by atoms with van der Waals surface area (Å²) in [4.78, 5) is 40.2. The Morgan fingerprint density at radius 1 is 1.00 bits per heavy atom. The molecule has 9 nitrogen and oxygen atoms in total. The van der Waals surface area contributed by atoms with Gasteiger partial charge in [0.1, 0.15) is 40.7 Å². The van der Waals surface area contributed by atoms with Crippen LogP contribution in [0.1, 0.15) is 68.1 Å². The van der Waals surface area contributed by atoms with Gasteiger partial charge in [0.15, 0.2) is 0 Å². The van der Waals surface area contributed by atoms with E-state index in [4.69, 9.17) is 21.1 Å². The number of benzene rings is 3. The van der Waals surface area contributed by atoms with Crippen molar-refractivity contribution in [1.29, 1.82) is 0 Å². The van der Waals surface area contributed by atoms with Crippen LogP contribution >= 0.6 is 11.6 Å². The number of rotatable bonds is 9. The van der Waals surface area contributed by atoms with E-state index in [0.717, 1.165) is 18.3 Å². The lowest BCUT2D eigenvalue weighted by atomic mass is 9.88. The molecule has 0 saturated carbocycles. The molecule has 1 aliphatic rings. The molecule has 1 aliphatic heterocycles. The van der Waals surface area contributed by atoms with Gasteiger partial charge in [0.25, 0.3) is 0 Å². The number of morpholine rings is 1. The number of imidazole rings is 1. The molecule has 0 bridgehead atoms. The third kappa shape index (κ3) is 8.88. The molecular formula is C38H36ClF4N5O4. The molecule has 0 aliphatic carbocycles. The lowest BCUT2D eigenvalue weighted by molar-refractivity contribution is -0.116. The first-order valence-corrected chi connectivity index (χ1v) is 17.0. The summed E-state index contributed by atoms with van der Waals surface area (Å²) in [5.41, 5.74) is 1.47. The Morgan fingerprint density at radius 2 is 1.73 bits per heavy atom. The van der Waals surface area contributed by atoms with Crippen molar-refractivity contribution < 1.29 is 36.6 Å². The summed E-state index contributed by atoms with van der Waals surface area (Å²) < 4.78 is 69.3. The van der Waals surface area contributed by atoms with Crippen molar-refractivity contribution in [3.63, 3.8) is 0 Å². The Bertz CT molecular complexity index is 2070. The van der Waals surface area contributed by atoms with Gasteiger partial charge in [-0.15, -0.1) is 0 Å². The minimum Gasteiger partial charge on any atom is -0.444 e. The quantitative estimate of drug-likeness (QED) is 0.147. The van der Waals surface area contributed by atoms with Crippen LogP contribution in [0.15, 0.2) is 73.1 Å². The van der Waals surface area contributed by atoms with Crippen LogP contribution in [0.4, 0.5) is 28.0 Å². The van der Waals surface area contributed by atoms with Crippen LogP contribution in [0.5, 0.6) is 0 Å². The number of carbonyl (C=O) groups excluding carboxylic acids is 2. The number of fused-ring (bicyclic) bond motifs is 1. The molecule has 1 fully saturated rings. The number of hydrogen-bond donors (Lipinski definition) is 2. The molecule has 2 N–H and O–H groups in total. The number of aromatic amines is 1. The molecule has 5 aromatic rings. The molecule has 1 unspecified atom stereocenters. The number of anilines is 1. The highest BCUT2D eigenvalue weighted by Gasteiger charge is 2.37. The topological polar surface area (TPSA) is 109 Å². The molecule has 52 heavy (non-hydrogen) atoms. The van der Waals surface area contributed by atoms with Gasteiger partial charge in [-0.1, -0.05) is 23.7 Å². The number of aromatic nitrogens is 3.